The number of hydrogen-bond donors (Lipinski definition) is 0. The summed E-state index contributed by atoms with van der Waals surface area (Å²) in [7, 11) is -1.48. The topological polar surface area (TPSA) is 43.4 Å². The molecule has 0 spiro atoms. The minimum absolute atomic E-state index is 0.0218. The molecule has 12 heavy (non-hydrogen) atoms. The van der Waals surface area contributed by atoms with Crippen LogP contribution in [0.1, 0.15) is 6.92 Å². The zero-order valence-electron chi connectivity index (χ0n) is 7.42. The summed E-state index contributed by atoms with van der Waals surface area (Å²) in [6.07, 6.45) is 0. The van der Waals surface area contributed by atoms with Gasteiger partial charge in [-0.2, -0.15) is 0 Å². The van der Waals surface area contributed by atoms with Gasteiger partial charge in [0.05, 0.1) is 18.1 Å². The lowest BCUT2D eigenvalue weighted by atomic mass is 10.3. The van der Waals surface area contributed by atoms with Crippen molar-refractivity contribution in [2.45, 2.75) is 6.92 Å². The van der Waals surface area contributed by atoms with Gasteiger partial charge >= 0.3 is 0 Å². The Morgan fingerprint density at radius 2 is 2.08 bits per heavy atom. The van der Waals surface area contributed by atoms with Crippen molar-refractivity contribution in [2.24, 2.45) is 5.92 Å². The first-order valence-corrected chi connectivity index (χ1v) is 6.12. The van der Waals surface area contributed by atoms with E-state index in [0.29, 0.717) is 5.88 Å². The summed E-state index contributed by atoms with van der Waals surface area (Å²) in [5, 5.41) is 0. The summed E-state index contributed by atoms with van der Waals surface area (Å²) in [5.41, 5.74) is 0. The molecule has 0 aromatic rings. The Hall–Kier alpha value is 0.200. The lowest BCUT2D eigenvalue weighted by Crippen LogP contribution is -2.20. The molecule has 5 heteroatoms. The fourth-order valence-electron chi connectivity index (χ4n) is 0.772. The average Bonchev–Trinajstić information content (AvgIpc) is 2.00. The summed E-state index contributed by atoms with van der Waals surface area (Å²) >= 11 is 5.50. The molecule has 0 aromatic carbocycles. The fraction of sp³-hybridized carbons (Fsp3) is 1.00. The number of methoxy groups -OCH3 is 1. The molecule has 0 aliphatic heterocycles. The molecular formula is C7H15ClO3S. The van der Waals surface area contributed by atoms with Crippen LogP contribution in [0.2, 0.25) is 0 Å². The van der Waals surface area contributed by atoms with Gasteiger partial charge < -0.3 is 4.74 Å². The molecule has 1 unspecified atom stereocenters. The Kier molecular flexibility index (Phi) is 5.88. The van der Waals surface area contributed by atoms with E-state index in [1.54, 1.807) is 0 Å². The smallest absolute Gasteiger partial charge is 0.152 e. The highest BCUT2D eigenvalue weighted by Crippen LogP contribution is 2.03. The minimum Gasteiger partial charge on any atom is -0.384 e. The van der Waals surface area contributed by atoms with E-state index in [4.69, 9.17) is 11.6 Å². The highest BCUT2D eigenvalue weighted by atomic mass is 35.5. The van der Waals surface area contributed by atoms with Gasteiger partial charge in [-0.05, 0) is 5.92 Å². The largest absolute Gasteiger partial charge is 0.384 e. The highest BCUT2D eigenvalue weighted by Gasteiger charge is 2.14. The molecule has 0 radical (unpaired) electrons. The molecule has 0 saturated heterocycles. The van der Waals surface area contributed by atoms with Crippen molar-refractivity contribution >= 4 is 21.4 Å². The van der Waals surface area contributed by atoms with Gasteiger partial charge in [0.1, 0.15) is 0 Å². The van der Waals surface area contributed by atoms with Crippen molar-refractivity contribution in [1.29, 1.82) is 0 Å². The summed E-state index contributed by atoms with van der Waals surface area (Å²) in [4.78, 5) is 0. The first kappa shape index (κ1) is 12.2. The molecule has 0 saturated carbocycles. The van der Waals surface area contributed by atoms with Crippen LogP contribution in [0.15, 0.2) is 0 Å². The van der Waals surface area contributed by atoms with Crippen molar-refractivity contribution < 1.29 is 13.2 Å². The third kappa shape index (κ3) is 5.80. The summed E-state index contributed by atoms with van der Waals surface area (Å²) in [5.74, 6) is 0.644. The highest BCUT2D eigenvalue weighted by molar-refractivity contribution is 7.91. The molecule has 74 valence electrons. The van der Waals surface area contributed by atoms with Gasteiger partial charge in [-0.3, -0.25) is 0 Å². The molecule has 3 nitrogen and oxygen atoms in total. The van der Waals surface area contributed by atoms with Crippen LogP contribution in [0.4, 0.5) is 0 Å². The van der Waals surface area contributed by atoms with E-state index in [1.807, 2.05) is 6.92 Å². The van der Waals surface area contributed by atoms with Gasteiger partial charge in [0.25, 0.3) is 0 Å². The Morgan fingerprint density at radius 1 is 1.50 bits per heavy atom. The maximum Gasteiger partial charge on any atom is 0.152 e. The SMILES string of the molecule is COCCS(=O)(=O)CC(C)CCl. The quantitative estimate of drug-likeness (QED) is 0.618. The van der Waals surface area contributed by atoms with Gasteiger partial charge in [0.15, 0.2) is 9.84 Å². The number of rotatable bonds is 6. The second-order valence-electron chi connectivity index (χ2n) is 2.87. The van der Waals surface area contributed by atoms with Crippen LogP contribution in [0.3, 0.4) is 0 Å². The molecular weight excluding hydrogens is 200 g/mol. The Morgan fingerprint density at radius 3 is 2.50 bits per heavy atom. The van der Waals surface area contributed by atoms with Gasteiger partial charge in [0, 0.05) is 13.0 Å². The summed E-state index contributed by atoms with van der Waals surface area (Å²) in [6, 6.07) is 0. The Balaban J connectivity index is 3.88. The van der Waals surface area contributed by atoms with Crippen LogP contribution in [0.25, 0.3) is 0 Å². The lowest BCUT2D eigenvalue weighted by molar-refractivity contribution is 0.217. The first-order valence-electron chi connectivity index (χ1n) is 3.77. The molecule has 0 amide bonds. The maximum atomic E-state index is 11.2. The number of sulfone groups is 1. The number of halogens is 1. The van der Waals surface area contributed by atoms with Crippen LogP contribution in [-0.2, 0) is 14.6 Å². The lowest BCUT2D eigenvalue weighted by Gasteiger charge is -2.07. The van der Waals surface area contributed by atoms with E-state index in [1.165, 1.54) is 7.11 Å². The van der Waals surface area contributed by atoms with Gasteiger partial charge in [-0.15, -0.1) is 11.6 Å². The third-order valence-corrected chi connectivity index (χ3v) is 3.79. The van der Waals surface area contributed by atoms with E-state index in [9.17, 15) is 8.42 Å². The summed E-state index contributed by atoms with van der Waals surface area (Å²) < 4.78 is 27.1. The van der Waals surface area contributed by atoms with E-state index in [-0.39, 0.29) is 24.0 Å². The van der Waals surface area contributed by atoms with Gasteiger partial charge in [-0.25, -0.2) is 8.42 Å². The fourth-order valence-corrected chi connectivity index (χ4v) is 2.58. The predicted molar refractivity (Wildman–Crippen MR) is 50.4 cm³/mol. The van der Waals surface area contributed by atoms with E-state index < -0.39 is 9.84 Å². The van der Waals surface area contributed by atoms with Crippen LogP contribution in [0.5, 0.6) is 0 Å². The molecule has 0 rings (SSSR count). The number of ether oxygens (including phenoxy) is 1. The van der Waals surface area contributed by atoms with Crippen LogP contribution in [0, 0.1) is 5.92 Å². The second kappa shape index (κ2) is 5.78. The average molecular weight is 215 g/mol. The van der Waals surface area contributed by atoms with Crippen molar-refractivity contribution in [3.63, 3.8) is 0 Å². The molecule has 0 bridgehead atoms. The number of hydrogen-bond acceptors (Lipinski definition) is 3. The van der Waals surface area contributed by atoms with Crippen molar-refractivity contribution in [1.82, 2.24) is 0 Å². The predicted octanol–water partition coefficient (Wildman–Crippen LogP) is 0.922. The Labute approximate surface area is 79.0 Å². The molecule has 0 fully saturated rings. The van der Waals surface area contributed by atoms with Crippen molar-refractivity contribution in [3.8, 4) is 0 Å². The Bertz CT molecular complexity index is 201. The van der Waals surface area contributed by atoms with Crippen molar-refractivity contribution in [3.05, 3.63) is 0 Å². The third-order valence-electron chi connectivity index (χ3n) is 1.40. The van der Waals surface area contributed by atoms with Crippen LogP contribution < -0.4 is 0 Å². The zero-order valence-corrected chi connectivity index (χ0v) is 8.99. The minimum atomic E-state index is -2.96. The van der Waals surface area contributed by atoms with E-state index in [2.05, 4.69) is 4.74 Å². The van der Waals surface area contributed by atoms with E-state index in [0.717, 1.165) is 0 Å². The molecule has 0 aliphatic carbocycles. The van der Waals surface area contributed by atoms with E-state index >= 15 is 0 Å². The van der Waals surface area contributed by atoms with Crippen LogP contribution in [-0.4, -0.2) is 39.5 Å². The zero-order chi connectivity index (χ0) is 9.61. The molecule has 0 heterocycles. The molecule has 0 N–H and O–H groups in total. The summed E-state index contributed by atoms with van der Waals surface area (Å²) in [6.45, 7) is 2.08. The number of alkyl halides is 1. The second-order valence-corrected chi connectivity index (χ2v) is 5.40. The standard InChI is InChI=1S/C7H15ClO3S/c1-7(5-8)6-12(9,10)4-3-11-2/h7H,3-6H2,1-2H3. The van der Waals surface area contributed by atoms with Gasteiger partial charge in [-0.1, -0.05) is 6.92 Å². The maximum absolute atomic E-state index is 11.2. The molecule has 1 atom stereocenters. The first-order chi connectivity index (χ1) is 5.52. The van der Waals surface area contributed by atoms with Crippen molar-refractivity contribution in [2.75, 3.05) is 31.1 Å². The van der Waals surface area contributed by atoms with Gasteiger partial charge in [0.2, 0.25) is 0 Å². The van der Waals surface area contributed by atoms with Crippen LogP contribution >= 0.6 is 11.6 Å². The normalized spacial score (nSPS) is 14.6. The molecule has 0 aromatic heterocycles. The molecule has 0 aliphatic rings. The monoisotopic (exact) mass is 214 g/mol.